The van der Waals surface area contributed by atoms with Crippen molar-refractivity contribution in [3.8, 4) is 0 Å². The van der Waals surface area contributed by atoms with Gasteiger partial charge in [-0.25, -0.2) is 4.57 Å². The summed E-state index contributed by atoms with van der Waals surface area (Å²) >= 11 is 0. The van der Waals surface area contributed by atoms with Crippen LogP contribution < -0.4 is 5.32 Å². The first-order valence-electron chi connectivity index (χ1n) is 37.9. The van der Waals surface area contributed by atoms with E-state index in [0.29, 0.717) is 17.4 Å². The molecule has 0 rings (SSSR count). The van der Waals surface area contributed by atoms with E-state index in [1.165, 1.54) is 238 Å². The zero-order valence-corrected chi connectivity index (χ0v) is 60.3. The first-order valence-corrected chi connectivity index (χ1v) is 39.4. The molecule has 0 aliphatic rings. The lowest BCUT2D eigenvalue weighted by atomic mass is 10.0. The Bertz CT molecular complexity index is 1800. The summed E-state index contributed by atoms with van der Waals surface area (Å²) in [6, 6.07) is -0.853. The number of rotatable bonds is 69. The molecule has 0 aromatic rings. The van der Waals surface area contributed by atoms with E-state index in [4.69, 9.17) is 13.8 Å². The molecule has 0 saturated carbocycles. The van der Waals surface area contributed by atoms with Crippen molar-refractivity contribution in [2.24, 2.45) is 0 Å². The molecule has 0 aliphatic carbocycles. The molecule has 0 heterocycles. The zero-order chi connectivity index (χ0) is 64.9. The molecule has 10 heteroatoms. The van der Waals surface area contributed by atoms with E-state index >= 15 is 0 Å². The minimum absolute atomic E-state index is 0.0383. The Hall–Kier alpha value is -2.81. The fourth-order valence-electron chi connectivity index (χ4n) is 11.0. The number of hydrogen-bond acceptors (Lipinski definition) is 6. The van der Waals surface area contributed by atoms with Crippen molar-refractivity contribution in [1.29, 1.82) is 0 Å². The van der Waals surface area contributed by atoms with E-state index in [9.17, 15) is 19.0 Å². The van der Waals surface area contributed by atoms with Gasteiger partial charge in [-0.15, -0.1) is 0 Å². The predicted octanol–water partition coefficient (Wildman–Crippen LogP) is 24.5. The fraction of sp³-hybridized carbons (Fsp3) is 0.797. The summed E-state index contributed by atoms with van der Waals surface area (Å²) in [6.07, 6.45) is 91.8. The summed E-state index contributed by atoms with van der Waals surface area (Å²) in [5.41, 5.74) is 0. The second-order valence-electron chi connectivity index (χ2n) is 26.8. The molecule has 0 radical (unpaired) electrons. The van der Waals surface area contributed by atoms with Gasteiger partial charge in [-0.3, -0.25) is 18.6 Å². The molecule has 89 heavy (non-hydrogen) atoms. The number of quaternary nitrogens is 1. The lowest BCUT2D eigenvalue weighted by Gasteiger charge is -2.27. The van der Waals surface area contributed by atoms with Gasteiger partial charge in [0.05, 0.1) is 33.8 Å². The Balaban J connectivity index is 4.93. The molecular weight excluding hydrogens is 1120 g/mol. The van der Waals surface area contributed by atoms with Crippen LogP contribution in [0.3, 0.4) is 0 Å². The summed E-state index contributed by atoms with van der Waals surface area (Å²) in [5, 5.41) is 3.08. The number of ether oxygens (including phenoxy) is 1. The molecule has 9 nitrogen and oxygen atoms in total. The third kappa shape index (κ3) is 69.4. The van der Waals surface area contributed by atoms with Crippen molar-refractivity contribution in [2.45, 2.75) is 367 Å². The van der Waals surface area contributed by atoms with Crippen molar-refractivity contribution in [3.63, 3.8) is 0 Å². The van der Waals surface area contributed by atoms with Crippen molar-refractivity contribution in [3.05, 3.63) is 85.1 Å². The normalized spacial score (nSPS) is 13.9. The van der Waals surface area contributed by atoms with E-state index in [1.807, 2.05) is 33.3 Å². The van der Waals surface area contributed by atoms with E-state index in [-0.39, 0.29) is 31.5 Å². The van der Waals surface area contributed by atoms with Gasteiger partial charge in [0.1, 0.15) is 19.3 Å². The molecule has 0 fully saturated rings. The summed E-state index contributed by atoms with van der Waals surface area (Å²) < 4.78 is 30.9. The number of phosphoric acid groups is 1. The van der Waals surface area contributed by atoms with Crippen LogP contribution in [0.15, 0.2) is 85.1 Å². The highest BCUT2D eigenvalue weighted by Gasteiger charge is 2.30. The zero-order valence-electron chi connectivity index (χ0n) is 59.4. The number of likely N-dealkylation sites (N-methyl/N-ethyl adjacent to an activating group) is 1. The lowest BCUT2D eigenvalue weighted by molar-refractivity contribution is -0.870. The fourth-order valence-corrected chi connectivity index (χ4v) is 11.7. The highest BCUT2D eigenvalue weighted by atomic mass is 31.2. The number of carbonyl (C=O) groups excluding carboxylic acids is 2. The second kappa shape index (κ2) is 68.1. The summed E-state index contributed by atoms with van der Waals surface area (Å²) in [7, 11) is 1.50. The first kappa shape index (κ1) is 86.2. The summed E-state index contributed by atoms with van der Waals surface area (Å²) in [6.45, 7) is 6.99. The third-order valence-corrected chi connectivity index (χ3v) is 17.8. The van der Waals surface area contributed by atoms with Crippen molar-refractivity contribution in [2.75, 3.05) is 40.9 Å². The Morgan fingerprint density at radius 2 is 0.685 bits per heavy atom. The molecule has 0 aromatic heterocycles. The van der Waals surface area contributed by atoms with Crippen LogP contribution in [0.5, 0.6) is 0 Å². The molecular formula is C79H146N2O7P+. The molecule has 0 saturated heterocycles. The molecule has 518 valence electrons. The maximum atomic E-state index is 13.6. The Labute approximate surface area is 552 Å². The Morgan fingerprint density at radius 3 is 1.04 bits per heavy atom. The van der Waals surface area contributed by atoms with Crippen LogP contribution in [0.25, 0.3) is 0 Å². The van der Waals surface area contributed by atoms with Gasteiger partial charge in [-0.1, -0.05) is 318 Å². The van der Waals surface area contributed by atoms with Crippen LogP contribution in [0, 0.1) is 0 Å². The van der Waals surface area contributed by atoms with Gasteiger partial charge >= 0.3 is 13.8 Å². The number of esters is 1. The second-order valence-corrected chi connectivity index (χ2v) is 28.3. The van der Waals surface area contributed by atoms with Crippen LogP contribution in [0.1, 0.15) is 355 Å². The van der Waals surface area contributed by atoms with Gasteiger partial charge in [0.25, 0.3) is 0 Å². The maximum absolute atomic E-state index is 13.6. The number of allylic oxidation sites excluding steroid dienone is 13. The number of unbranched alkanes of at least 4 members (excludes halogenated alkanes) is 41. The molecule has 0 bridgehead atoms. The van der Waals surface area contributed by atoms with Crippen LogP contribution in [0.2, 0.25) is 0 Å². The van der Waals surface area contributed by atoms with Gasteiger partial charge in [0, 0.05) is 12.8 Å². The largest absolute Gasteiger partial charge is 0.472 e. The third-order valence-electron chi connectivity index (χ3n) is 16.8. The summed E-state index contributed by atoms with van der Waals surface area (Å²) in [4.78, 5) is 38.0. The lowest BCUT2D eigenvalue weighted by Crippen LogP contribution is -2.47. The highest BCUT2D eigenvalue weighted by Crippen LogP contribution is 2.43. The molecule has 0 aliphatic heterocycles. The van der Waals surface area contributed by atoms with Crippen molar-refractivity contribution in [1.82, 2.24) is 5.32 Å². The monoisotopic (exact) mass is 1270 g/mol. The quantitative estimate of drug-likeness (QED) is 0.0205. The maximum Gasteiger partial charge on any atom is 0.472 e. The predicted molar refractivity (Wildman–Crippen MR) is 388 cm³/mol. The van der Waals surface area contributed by atoms with E-state index in [1.54, 1.807) is 0 Å². The summed E-state index contributed by atoms with van der Waals surface area (Å²) in [5.74, 6) is -0.498. The van der Waals surface area contributed by atoms with Crippen LogP contribution >= 0.6 is 7.82 Å². The van der Waals surface area contributed by atoms with Gasteiger partial charge in [-0.05, 0) is 109 Å². The average Bonchev–Trinajstić information content (AvgIpc) is 3.71. The van der Waals surface area contributed by atoms with E-state index < -0.39 is 20.0 Å². The number of amides is 1. The van der Waals surface area contributed by atoms with E-state index in [0.717, 1.165) is 83.5 Å². The SMILES string of the molecule is CCCCC/C=C\C/C=C\C/C=C\CCCCCCCCCCCCCCCCC(=O)OC(/C=C/CCCCCCCCCCC)C(COP(=O)(O)OCC[N+](C)(C)C)NC(=O)CCCCCCCCCCCCCC/C=C\C/C=C\C/C=C\CCCCC. The smallest absolute Gasteiger partial charge is 0.456 e. The topological polar surface area (TPSA) is 111 Å². The van der Waals surface area contributed by atoms with Crippen LogP contribution in [0.4, 0.5) is 0 Å². The van der Waals surface area contributed by atoms with Gasteiger partial charge in [0.15, 0.2) is 0 Å². The average molecular weight is 1270 g/mol. The van der Waals surface area contributed by atoms with E-state index in [2.05, 4.69) is 99.0 Å². The first-order chi connectivity index (χ1) is 43.4. The minimum atomic E-state index is -4.46. The Kier molecular flexibility index (Phi) is 65.9. The highest BCUT2D eigenvalue weighted by molar-refractivity contribution is 7.47. The molecule has 1 amide bonds. The van der Waals surface area contributed by atoms with Crippen molar-refractivity contribution < 1.29 is 37.3 Å². The molecule has 2 N–H and O–H groups in total. The van der Waals surface area contributed by atoms with Gasteiger partial charge < -0.3 is 19.4 Å². The number of phosphoric ester groups is 1. The van der Waals surface area contributed by atoms with Crippen LogP contribution in [-0.2, 0) is 27.9 Å². The molecule has 3 unspecified atom stereocenters. The number of hydrogen-bond donors (Lipinski definition) is 2. The number of nitrogens with zero attached hydrogens (tertiary/aromatic N) is 1. The minimum Gasteiger partial charge on any atom is -0.456 e. The van der Waals surface area contributed by atoms with Crippen molar-refractivity contribution >= 4 is 19.7 Å². The van der Waals surface area contributed by atoms with Gasteiger partial charge in [-0.2, -0.15) is 0 Å². The van der Waals surface area contributed by atoms with Crippen LogP contribution in [-0.4, -0.2) is 74.3 Å². The molecule has 3 atom stereocenters. The molecule has 0 spiro atoms. The molecule has 0 aromatic carbocycles. The Morgan fingerprint density at radius 1 is 0.393 bits per heavy atom. The number of nitrogens with one attached hydrogen (secondary N) is 1. The number of carbonyl (C=O) groups is 2. The van der Waals surface area contributed by atoms with Gasteiger partial charge in [0.2, 0.25) is 5.91 Å². The standard InChI is InChI=1S/C79H145N2O7P/c1-7-10-13-16-19-22-25-27-29-31-33-35-37-39-40-42-44-46-48-50-52-54-57-60-63-66-69-72-79(83)88-77(70-67-64-61-58-55-24-21-18-15-12-9-3)76(75-87-89(84,85)86-74-73-81(4,5)6)80-78(82)71-68-65-62-59-56-53-51-49-47-45-43-41-38-36-34-32-30-28-26-23-20-17-14-11-8-2/h19-20,22-23,27-30,33-36,67,70,76-77H,7-18,21,24-26,31-32,37-66,68-69,71-75H2,1-6H3,(H-,80,82,84,85)/p+1/b22-19-,23-20-,29-27-,30-28-,35-33-,36-34-,70-67+.